The predicted octanol–water partition coefficient (Wildman–Crippen LogP) is 3.99. The zero-order chi connectivity index (χ0) is 24.5. The summed E-state index contributed by atoms with van der Waals surface area (Å²) in [7, 11) is 0. The molecule has 1 saturated heterocycles. The van der Waals surface area contributed by atoms with E-state index in [-0.39, 0.29) is 42.1 Å². The number of aromatic nitrogens is 6. The van der Waals surface area contributed by atoms with Gasteiger partial charge >= 0.3 is 11.8 Å². The summed E-state index contributed by atoms with van der Waals surface area (Å²) < 4.78 is 67.3. The summed E-state index contributed by atoms with van der Waals surface area (Å²) in [5.74, 6) is -2.10. The van der Waals surface area contributed by atoms with Crippen LogP contribution in [0.15, 0.2) is 28.6 Å². The maximum Gasteiger partial charge on any atom is 0.442 e. The summed E-state index contributed by atoms with van der Waals surface area (Å²) in [5.41, 5.74) is -2.27. The van der Waals surface area contributed by atoms with Gasteiger partial charge in [0.2, 0.25) is 5.65 Å². The minimum atomic E-state index is -4.64. The SMILES string of the molecule is CC(C)(C)c1nc(N2CCC(F)(F)C2)c2nn(Cc3ccc(C4(C(F)(F)F)N=N4)cn3)nc2n1. The van der Waals surface area contributed by atoms with Crippen molar-refractivity contribution in [2.45, 2.75) is 56.9 Å². The van der Waals surface area contributed by atoms with E-state index in [0.717, 1.165) is 6.20 Å². The summed E-state index contributed by atoms with van der Waals surface area (Å²) >= 11 is 0. The standard InChI is InChI=1S/C20H20F5N9/c1-17(2,3)16-27-14-13(15(28-16)33-7-6-18(21,22)10-33)29-34(30-14)9-12-5-4-11(8-26-12)19(31-32-19)20(23,24)25/h4-5,8H,6-7,9-10H2,1-3H3. The molecule has 14 heteroatoms. The normalized spacial score (nSPS) is 19.2. The van der Waals surface area contributed by atoms with Gasteiger partial charge in [0.05, 0.1) is 12.2 Å². The fraction of sp³-hybridized carbons (Fsp3) is 0.550. The van der Waals surface area contributed by atoms with Gasteiger partial charge < -0.3 is 4.90 Å². The fourth-order valence-electron chi connectivity index (χ4n) is 3.69. The smallest absolute Gasteiger partial charge is 0.348 e. The van der Waals surface area contributed by atoms with Crippen LogP contribution in [0.4, 0.5) is 27.8 Å². The first-order valence-electron chi connectivity index (χ1n) is 10.5. The van der Waals surface area contributed by atoms with Crippen molar-refractivity contribution in [3.63, 3.8) is 0 Å². The van der Waals surface area contributed by atoms with Crippen LogP contribution in [0.1, 0.15) is 44.3 Å². The van der Waals surface area contributed by atoms with Crippen LogP contribution < -0.4 is 4.90 Å². The Labute approximate surface area is 190 Å². The Morgan fingerprint density at radius 2 is 1.76 bits per heavy atom. The van der Waals surface area contributed by atoms with Gasteiger partial charge in [-0.2, -0.15) is 18.0 Å². The average Bonchev–Trinajstić information content (AvgIpc) is 3.34. The maximum atomic E-state index is 13.9. The number of hydrogen-bond donors (Lipinski definition) is 0. The number of hydrogen-bond acceptors (Lipinski definition) is 8. The summed E-state index contributed by atoms with van der Waals surface area (Å²) in [6.45, 7) is 5.38. The van der Waals surface area contributed by atoms with Crippen LogP contribution in [0.5, 0.6) is 0 Å². The molecule has 0 N–H and O–H groups in total. The number of halogens is 5. The van der Waals surface area contributed by atoms with Crippen LogP contribution in [-0.4, -0.2) is 55.1 Å². The number of rotatable bonds is 4. The highest BCUT2D eigenvalue weighted by Crippen LogP contribution is 2.52. The molecular formula is C20H20F5N9. The van der Waals surface area contributed by atoms with E-state index < -0.39 is 29.7 Å². The third kappa shape index (κ3) is 3.84. The van der Waals surface area contributed by atoms with E-state index in [1.54, 1.807) is 0 Å². The minimum Gasteiger partial charge on any atom is -0.348 e. The lowest BCUT2D eigenvalue weighted by molar-refractivity contribution is -0.166. The van der Waals surface area contributed by atoms with Gasteiger partial charge in [-0.1, -0.05) is 26.8 Å². The van der Waals surface area contributed by atoms with Crippen LogP contribution in [0.25, 0.3) is 11.2 Å². The van der Waals surface area contributed by atoms with E-state index in [9.17, 15) is 22.0 Å². The van der Waals surface area contributed by atoms with Crippen LogP contribution >= 0.6 is 0 Å². The molecule has 1 fully saturated rings. The van der Waals surface area contributed by atoms with Crippen LogP contribution in [0.3, 0.4) is 0 Å². The molecule has 0 atom stereocenters. The second-order valence-electron chi connectivity index (χ2n) is 9.46. The Morgan fingerprint density at radius 3 is 2.29 bits per heavy atom. The highest BCUT2D eigenvalue weighted by Gasteiger charge is 2.65. The third-order valence-electron chi connectivity index (χ3n) is 5.64. The summed E-state index contributed by atoms with van der Waals surface area (Å²) in [4.78, 5) is 15.8. The van der Waals surface area contributed by atoms with Crippen molar-refractivity contribution in [3.8, 4) is 0 Å². The average molecular weight is 481 g/mol. The van der Waals surface area contributed by atoms with Crippen LogP contribution in [0.2, 0.25) is 0 Å². The molecule has 0 unspecified atom stereocenters. The Balaban J connectivity index is 1.46. The van der Waals surface area contributed by atoms with Crippen molar-refractivity contribution in [1.82, 2.24) is 29.9 Å². The number of fused-ring (bicyclic) bond motifs is 1. The van der Waals surface area contributed by atoms with Crippen molar-refractivity contribution < 1.29 is 22.0 Å². The number of alkyl halides is 5. The monoisotopic (exact) mass is 481 g/mol. The Kier molecular flexibility index (Phi) is 4.69. The highest BCUT2D eigenvalue weighted by atomic mass is 19.4. The Morgan fingerprint density at radius 1 is 1.03 bits per heavy atom. The van der Waals surface area contributed by atoms with Crippen molar-refractivity contribution in [3.05, 3.63) is 35.4 Å². The molecule has 0 amide bonds. The van der Waals surface area contributed by atoms with Crippen molar-refractivity contribution in [2.75, 3.05) is 18.0 Å². The van der Waals surface area contributed by atoms with E-state index in [1.165, 1.54) is 21.8 Å². The molecule has 9 nitrogen and oxygen atoms in total. The topological polar surface area (TPSA) is 97.3 Å². The van der Waals surface area contributed by atoms with Gasteiger partial charge in [-0.05, 0) is 6.07 Å². The molecule has 0 saturated carbocycles. The molecule has 2 aliphatic rings. The first-order valence-corrected chi connectivity index (χ1v) is 10.5. The molecule has 0 radical (unpaired) electrons. The lowest BCUT2D eigenvalue weighted by atomic mass is 9.96. The summed E-state index contributed by atoms with van der Waals surface area (Å²) in [6, 6.07) is 2.67. The van der Waals surface area contributed by atoms with Crippen molar-refractivity contribution in [1.29, 1.82) is 0 Å². The van der Waals surface area contributed by atoms with Gasteiger partial charge in [-0.15, -0.1) is 20.4 Å². The second-order valence-corrected chi connectivity index (χ2v) is 9.46. The van der Waals surface area contributed by atoms with E-state index in [0.29, 0.717) is 11.5 Å². The van der Waals surface area contributed by atoms with Gasteiger partial charge in [0.15, 0.2) is 11.3 Å². The first kappa shape index (κ1) is 22.5. The van der Waals surface area contributed by atoms with Crippen LogP contribution in [-0.2, 0) is 17.6 Å². The molecular weight excluding hydrogens is 461 g/mol. The number of anilines is 1. The van der Waals surface area contributed by atoms with Crippen molar-refractivity contribution in [2.24, 2.45) is 10.2 Å². The first-order chi connectivity index (χ1) is 15.8. The van der Waals surface area contributed by atoms with E-state index in [1.807, 2.05) is 20.8 Å². The molecule has 0 spiro atoms. The fourth-order valence-corrected chi connectivity index (χ4v) is 3.69. The molecule has 5 heterocycles. The van der Waals surface area contributed by atoms with Gasteiger partial charge in [0.25, 0.3) is 5.92 Å². The lowest BCUT2D eigenvalue weighted by Crippen LogP contribution is -2.30. The number of nitrogens with zero attached hydrogens (tertiary/aromatic N) is 9. The lowest BCUT2D eigenvalue weighted by Gasteiger charge is -2.21. The molecule has 34 heavy (non-hydrogen) atoms. The van der Waals surface area contributed by atoms with E-state index in [2.05, 4.69) is 35.4 Å². The largest absolute Gasteiger partial charge is 0.442 e. The van der Waals surface area contributed by atoms with Crippen molar-refractivity contribution >= 4 is 17.0 Å². The van der Waals surface area contributed by atoms with Gasteiger partial charge in [-0.3, -0.25) is 4.98 Å². The highest BCUT2D eigenvalue weighted by molar-refractivity contribution is 5.82. The molecule has 3 aromatic heterocycles. The summed E-state index contributed by atoms with van der Waals surface area (Å²) in [5, 5.41) is 15.1. The zero-order valence-corrected chi connectivity index (χ0v) is 18.5. The van der Waals surface area contributed by atoms with E-state index >= 15 is 0 Å². The summed E-state index contributed by atoms with van der Waals surface area (Å²) in [6.07, 6.45) is -3.85. The molecule has 180 valence electrons. The van der Waals surface area contributed by atoms with E-state index in [4.69, 9.17) is 0 Å². The Hall–Kier alpha value is -3.32. The zero-order valence-electron chi connectivity index (χ0n) is 18.5. The van der Waals surface area contributed by atoms with Gasteiger partial charge in [0.1, 0.15) is 12.4 Å². The van der Waals surface area contributed by atoms with Gasteiger partial charge in [-0.25, -0.2) is 18.7 Å². The number of pyridine rings is 1. The molecule has 5 rings (SSSR count). The second kappa shape index (κ2) is 7.09. The maximum absolute atomic E-state index is 13.9. The molecule has 3 aromatic rings. The molecule has 0 aliphatic carbocycles. The minimum absolute atomic E-state index is 0.0321. The van der Waals surface area contributed by atoms with Gasteiger partial charge in [0, 0.05) is 30.1 Å². The third-order valence-corrected chi connectivity index (χ3v) is 5.64. The molecule has 2 aliphatic heterocycles. The van der Waals surface area contributed by atoms with Crippen LogP contribution in [0, 0.1) is 0 Å². The predicted molar refractivity (Wildman–Crippen MR) is 110 cm³/mol. The Bertz CT molecular complexity index is 1270. The molecule has 0 bridgehead atoms. The molecule has 0 aromatic carbocycles. The quantitative estimate of drug-likeness (QED) is 0.523.